The third kappa shape index (κ3) is 2.57. The first kappa shape index (κ1) is 13.1. The molecule has 0 saturated carbocycles. The molecule has 16 heavy (non-hydrogen) atoms. The number of aromatic nitrogens is 1. The summed E-state index contributed by atoms with van der Waals surface area (Å²) in [5, 5.41) is 0. The molecule has 1 aromatic rings. The van der Waals surface area contributed by atoms with Crippen molar-refractivity contribution in [2.75, 3.05) is 0 Å². The molecule has 0 aromatic carbocycles. The van der Waals surface area contributed by atoms with E-state index in [2.05, 4.69) is 4.98 Å². The summed E-state index contributed by atoms with van der Waals surface area (Å²) in [6, 6.07) is 1.84. The Hall–Kier alpha value is -0.990. The van der Waals surface area contributed by atoms with Crippen LogP contribution in [0.15, 0.2) is 12.3 Å². The van der Waals surface area contributed by atoms with E-state index in [4.69, 9.17) is 0 Å². The number of hydrogen-bond donors (Lipinski definition) is 0. The number of pyridine rings is 1. The predicted molar refractivity (Wildman–Crippen MR) is 62.0 cm³/mol. The van der Waals surface area contributed by atoms with Crippen LogP contribution in [-0.4, -0.2) is 4.98 Å². The van der Waals surface area contributed by atoms with Crippen LogP contribution in [0.3, 0.4) is 0 Å². The molecule has 1 heterocycles. The largest absolute Gasteiger partial charge is 0.280 e. The van der Waals surface area contributed by atoms with Gasteiger partial charge in [0.15, 0.2) is 0 Å². The van der Waals surface area contributed by atoms with Gasteiger partial charge in [-0.25, -0.2) is 8.78 Å². The topological polar surface area (TPSA) is 12.9 Å². The van der Waals surface area contributed by atoms with Gasteiger partial charge >= 0.3 is 0 Å². The summed E-state index contributed by atoms with van der Waals surface area (Å²) in [7, 11) is 0. The molecule has 0 saturated heterocycles. The highest BCUT2D eigenvalue weighted by molar-refractivity contribution is 5.38. The summed E-state index contributed by atoms with van der Waals surface area (Å²) < 4.78 is 25.9. The zero-order chi connectivity index (χ0) is 12.5. The van der Waals surface area contributed by atoms with Gasteiger partial charge in [-0.05, 0) is 28.5 Å². The number of hydrogen-bond acceptors (Lipinski definition) is 1. The van der Waals surface area contributed by atoms with Crippen molar-refractivity contribution in [3.8, 4) is 0 Å². The molecule has 0 aliphatic carbocycles. The number of halogens is 2. The monoisotopic (exact) mass is 227 g/mol. The van der Waals surface area contributed by atoms with Crippen LogP contribution in [0.4, 0.5) is 8.78 Å². The van der Waals surface area contributed by atoms with Gasteiger partial charge in [0.1, 0.15) is 5.69 Å². The van der Waals surface area contributed by atoms with Gasteiger partial charge in [-0.3, -0.25) is 4.98 Å². The van der Waals surface area contributed by atoms with Crippen LogP contribution in [0.1, 0.15) is 63.8 Å². The van der Waals surface area contributed by atoms with E-state index in [1.807, 2.05) is 40.7 Å². The predicted octanol–water partition coefficient (Wildman–Crippen LogP) is 4.44. The van der Waals surface area contributed by atoms with Gasteiger partial charge in [0, 0.05) is 6.20 Å². The third-order valence-electron chi connectivity index (χ3n) is 2.59. The van der Waals surface area contributed by atoms with Crippen molar-refractivity contribution in [2.24, 2.45) is 0 Å². The van der Waals surface area contributed by atoms with Crippen LogP contribution in [0, 0.1) is 0 Å². The summed E-state index contributed by atoms with van der Waals surface area (Å²) in [6.45, 7) is 9.87. The minimum atomic E-state index is -2.51. The Morgan fingerprint density at radius 3 is 2.12 bits per heavy atom. The van der Waals surface area contributed by atoms with Crippen molar-refractivity contribution in [3.63, 3.8) is 0 Å². The fourth-order valence-electron chi connectivity index (χ4n) is 1.96. The minimum Gasteiger partial charge on any atom is -0.255 e. The van der Waals surface area contributed by atoms with E-state index in [1.54, 1.807) is 0 Å². The van der Waals surface area contributed by atoms with E-state index in [-0.39, 0.29) is 17.0 Å². The highest BCUT2D eigenvalue weighted by atomic mass is 19.3. The Morgan fingerprint density at radius 2 is 1.75 bits per heavy atom. The van der Waals surface area contributed by atoms with Crippen molar-refractivity contribution < 1.29 is 8.78 Å². The fraction of sp³-hybridized carbons (Fsp3) is 0.615. The number of alkyl halides is 2. The van der Waals surface area contributed by atoms with Crippen LogP contribution < -0.4 is 0 Å². The van der Waals surface area contributed by atoms with Crippen molar-refractivity contribution in [3.05, 3.63) is 29.1 Å². The molecule has 1 nitrogen and oxygen atoms in total. The Kier molecular flexibility index (Phi) is 3.66. The van der Waals surface area contributed by atoms with Crippen LogP contribution >= 0.6 is 0 Å². The second-order valence-electron chi connectivity index (χ2n) is 5.37. The van der Waals surface area contributed by atoms with Crippen molar-refractivity contribution >= 4 is 0 Å². The highest BCUT2D eigenvalue weighted by Crippen LogP contribution is 2.36. The zero-order valence-corrected chi connectivity index (χ0v) is 10.5. The maximum atomic E-state index is 12.9. The second-order valence-corrected chi connectivity index (χ2v) is 5.37. The van der Waals surface area contributed by atoms with E-state index >= 15 is 0 Å². The summed E-state index contributed by atoms with van der Waals surface area (Å²) >= 11 is 0. The van der Waals surface area contributed by atoms with Crippen LogP contribution in [-0.2, 0) is 5.41 Å². The average molecular weight is 227 g/mol. The van der Waals surface area contributed by atoms with Crippen LogP contribution in [0.2, 0.25) is 0 Å². The third-order valence-corrected chi connectivity index (χ3v) is 2.59. The van der Waals surface area contributed by atoms with E-state index in [9.17, 15) is 8.78 Å². The maximum Gasteiger partial charge on any atom is 0.280 e. The van der Waals surface area contributed by atoms with Crippen LogP contribution in [0.5, 0.6) is 0 Å². The Balaban J connectivity index is 3.48. The van der Waals surface area contributed by atoms with Gasteiger partial charge in [-0.1, -0.05) is 34.6 Å². The molecule has 0 N–H and O–H groups in total. The lowest BCUT2D eigenvalue weighted by Gasteiger charge is -2.26. The SMILES string of the molecule is CC(C)c1ccnc(C(F)F)c1C(C)(C)C. The molecule has 0 aliphatic heterocycles. The van der Waals surface area contributed by atoms with E-state index < -0.39 is 6.43 Å². The molecular weight excluding hydrogens is 208 g/mol. The van der Waals surface area contributed by atoms with Crippen LogP contribution in [0.25, 0.3) is 0 Å². The van der Waals surface area contributed by atoms with Gasteiger partial charge < -0.3 is 0 Å². The standard InChI is InChI=1S/C13H19F2N/c1-8(2)9-6-7-16-11(12(14)15)10(9)13(3,4)5/h6-8,12H,1-5H3. The zero-order valence-electron chi connectivity index (χ0n) is 10.5. The molecule has 1 rings (SSSR count). The fourth-order valence-corrected chi connectivity index (χ4v) is 1.96. The first-order valence-electron chi connectivity index (χ1n) is 5.52. The molecule has 0 aliphatic rings. The van der Waals surface area contributed by atoms with Gasteiger partial charge in [0.25, 0.3) is 6.43 Å². The van der Waals surface area contributed by atoms with E-state index in [0.29, 0.717) is 5.56 Å². The van der Waals surface area contributed by atoms with E-state index in [1.165, 1.54) is 6.20 Å². The molecule has 0 bridgehead atoms. The van der Waals surface area contributed by atoms with Gasteiger partial charge in [-0.2, -0.15) is 0 Å². The Bertz CT molecular complexity index is 338. The summed E-state index contributed by atoms with van der Waals surface area (Å²) in [4.78, 5) is 3.84. The minimum absolute atomic E-state index is 0.0706. The molecule has 0 atom stereocenters. The number of nitrogens with zero attached hydrogens (tertiary/aromatic N) is 1. The van der Waals surface area contributed by atoms with Crippen molar-refractivity contribution in [1.82, 2.24) is 4.98 Å². The van der Waals surface area contributed by atoms with E-state index in [0.717, 1.165) is 5.56 Å². The average Bonchev–Trinajstić information content (AvgIpc) is 2.15. The van der Waals surface area contributed by atoms with Gasteiger partial charge in [0.2, 0.25) is 0 Å². The molecule has 0 spiro atoms. The molecular formula is C13H19F2N. The highest BCUT2D eigenvalue weighted by Gasteiger charge is 2.27. The molecule has 1 aromatic heterocycles. The summed E-state index contributed by atoms with van der Waals surface area (Å²) in [5.74, 6) is 0.231. The quantitative estimate of drug-likeness (QED) is 0.727. The normalized spacial score (nSPS) is 12.6. The summed E-state index contributed by atoms with van der Waals surface area (Å²) in [5.41, 5.74) is 1.29. The Labute approximate surface area is 95.9 Å². The Morgan fingerprint density at radius 1 is 1.19 bits per heavy atom. The lowest BCUT2D eigenvalue weighted by atomic mass is 9.80. The van der Waals surface area contributed by atoms with Crippen molar-refractivity contribution in [1.29, 1.82) is 0 Å². The maximum absolute atomic E-state index is 12.9. The number of rotatable bonds is 2. The molecule has 90 valence electrons. The van der Waals surface area contributed by atoms with Gasteiger partial charge in [-0.15, -0.1) is 0 Å². The second kappa shape index (κ2) is 4.48. The molecule has 0 radical (unpaired) electrons. The van der Waals surface area contributed by atoms with Gasteiger partial charge in [0.05, 0.1) is 0 Å². The lowest BCUT2D eigenvalue weighted by Crippen LogP contribution is -2.19. The smallest absolute Gasteiger partial charge is 0.255 e. The molecule has 0 amide bonds. The first-order chi connectivity index (χ1) is 7.25. The molecule has 0 fully saturated rings. The molecule has 0 unspecified atom stereocenters. The summed E-state index contributed by atoms with van der Waals surface area (Å²) in [6.07, 6.45) is -1.03. The first-order valence-corrected chi connectivity index (χ1v) is 5.52. The molecule has 3 heteroatoms. The lowest BCUT2D eigenvalue weighted by molar-refractivity contribution is 0.143. The van der Waals surface area contributed by atoms with Crippen molar-refractivity contribution in [2.45, 2.75) is 52.4 Å².